The van der Waals surface area contributed by atoms with Gasteiger partial charge < -0.3 is 9.26 Å². The molecular formula is C14H13N3O3. The zero-order valence-electron chi connectivity index (χ0n) is 11.1. The second kappa shape index (κ2) is 5.89. The fourth-order valence-electron chi connectivity index (χ4n) is 1.51. The molecule has 20 heavy (non-hydrogen) atoms. The average molecular weight is 271 g/mol. The number of nitrogens with zero attached hydrogens (tertiary/aromatic N) is 2. The van der Waals surface area contributed by atoms with Gasteiger partial charge >= 0.3 is 0 Å². The van der Waals surface area contributed by atoms with Crippen LogP contribution in [0.15, 0.2) is 34.9 Å². The van der Waals surface area contributed by atoms with Crippen molar-refractivity contribution in [3.63, 3.8) is 0 Å². The fraction of sp³-hybridized carbons (Fsp3) is 0.214. The number of benzene rings is 1. The molecule has 1 atom stereocenters. The van der Waals surface area contributed by atoms with Gasteiger partial charge in [-0.1, -0.05) is 5.16 Å². The first-order chi connectivity index (χ1) is 9.58. The first-order valence-corrected chi connectivity index (χ1v) is 5.99. The zero-order chi connectivity index (χ0) is 14.5. The quantitative estimate of drug-likeness (QED) is 0.921. The Kier molecular flexibility index (Phi) is 4.01. The van der Waals surface area contributed by atoms with Gasteiger partial charge in [0.15, 0.2) is 6.10 Å². The normalized spacial score (nSPS) is 11.4. The largest absolute Gasteiger partial charge is 0.481 e. The van der Waals surface area contributed by atoms with Crippen LogP contribution < -0.4 is 10.1 Å². The molecule has 0 saturated carbocycles. The van der Waals surface area contributed by atoms with Crippen molar-refractivity contribution in [2.75, 3.05) is 5.32 Å². The Morgan fingerprint density at radius 2 is 2.15 bits per heavy atom. The molecule has 6 nitrogen and oxygen atoms in total. The Balaban J connectivity index is 1.95. The van der Waals surface area contributed by atoms with Gasteiger partial charge in [0, 0.05) is 6.07 Å². The van der Waals surface area contributed by atoms with Gasteiger partial charge in [0.2, 0.25) is 5.88 Å². The van der Waals surface area contributed by atoms with Crippen LogP contribution in [0.2, 0.25) is 0 Å². The maximum atomic E-state index is 11.9. The van der Waals surface area contributed by atoms with Gasteiger partial charge in [-0.25, -0.2) is 0 Å². The van der Waals surface area contributed by atoms with E-state index in [-0.39, 0.29) is 11.8 Å². The molecule has 0 spiro atoms. The molecule has 1 amide bonds. The number of carbonyl (C=O) groups excluding carboxylic acids is 1. The molecule has 0 saturated heterocycles. The van der Waals surface area contributed by atoms with Gasteiger partial charge in [-0.3, -0.25) is 10.1 Å². The number of rotatable bonds is 4. The Bertz CT molecular complexity index is 640. The molecule has 0 bridgehead atoms. The average Bonchev–Trinajstić information content (AvgIpc) is 2.85. The van der Waals surface area contributed by atoms with Crippen molar-refractivity contribution in [3.8, 4) is 11.8 Å². The molecule has 0 aliphatic heterocycles. The molecule has 1 aromatic heterocycles. The monoisotopic (exact) mass is 271 g/mol. The van der Waals surface area contributed by atoms with Crippen LogP contribution in [0.25, 0.3) is 0 Å². The smallest absolute Gasteiger partial charge is 0.267 e. The number of hydrogen-bond donors (Lipinski definition) is 1. The molecule has 0 fully saturated rings. The summed E-state index contributed by atoms with van der Waals surface area (Å²) in [6, 6.07) is 10.2. The van der Waals surface area contributed by atoms with Crippen LogP contribution in [0.5, 0.6) is 5.75 Å². The van der Waals surface area contributed by atoms with Crippen LogP contribution >= 0.6 is 0 Å². The molecule has 1 N–H and O–H groups in total. The number of anilines is 1. The van der Waals surface area contributed by atoms with Gasteiger partial charge in [0.1, 0.15) is 5.75 Å². The van der Waals surface area contributed by atoms with Crippen molar-refractivity contribution >= 4 is 11.8 Å². The minimum Gasteiger partial charge on any atom is -0.481 e. The van der Waals surface area contributed by atoms with Gasteiger partial charge in [-0.15, -0.1) is 0 Å². The lowest BCUT2D eigenvalue weighted by molar-refractivity contribution is -0.122. The third-order valence-corrected chi connectivity index (χ3v) is 2.54. The Morgan fingerprint density at radius 3 is 2.70 bits per heavy atom. The summed E-state index contributed by atoms with van der Waals surface area (Å²) in [6.07, 6.45) is -0.701. The summed E-state index contributed by atoms with van der Waals surface area (Å²) in [7, 11) is 0. The van der Waals surface area contributed by atoms with E-state index in [4.69, 9.17) is 14.5 Å². The van der Waals surface area contributed by atoms with Crippen molar-refractivity contribution < 1.29 is 14.1 Å². The topological polar surface area (TPSA) is 88.1 Å². The van der Waals surface area contributed by atoms with E-state index in [9.17, 15) is 4.79 Å². The van der Waals surface area contributed by atoms with Crippen LogP contribution in [0.1, 0.15) is 18.2 Å². The summed E-state index contributed by atoms with van der Waals surface area (Å²) in [5, 5.41) is 14.9. The van der Waals surface area contributed by atoms with Crippen molar-refractivity contribution in [1.82, 2.24) is 5.16 Å². The summed E-state index contributed by atoms with van der Waals surface area (Å²) in [5.74, 6) is 0.452. The highest BCUT2D eigenvalue weighted by molar-refractivity contribution is 5.92. The first kappa shape index (κ1) is 13.6. The summed E-state index contributed by atoms with van der Waals surface area (Å²) in [5.41, 5.74) is 1.22. The highest BCUT2D eigenvalue weighted by Crippen LogP contribution is 2.15. The highest BCUT2D eigenvalue weighted by atomic mass is 16.5. The van der Waals surface area contributed by atoms with E-state index in [2.05, 4.69) is 10.5 Å². The molecule has 102 valence electrons. The van der Waals surface area contributed by atoms with Gasteiger partial charge in [-0.2, -0.15) is 5.26 Å². The summed E-state index contributed by atoms with van der Waals surface area (Å²) in [6.45, 7) is 3.38. The number of nitriles is 1. The number of carbonyl (C=O) groups is 1. The molecule has 6 heteroatoms. The number of aromatic nitrogens is 1. The Hall–Kier alpha value is -2.81. The molecule has 0 aliphatic rings. The van der Waals surface area contributed by atoms with Crippen LogP contribution in [0, 0.1) is 18.3 Å². The third-order valence-electron chi connectivity index (χ3n) is 2.54. The molecule has 1 aromatic carbocycles. The lowest BCUT2D eigenvalue weighted by atomic mass is 10.2. The van der Waals surface area contributed by atoms with E-state index in [1.54, 1.807) is 44.2 Å². The van der Waals surface area contributed by atoms with E-state index in [1.807, 2.05) is 6.07 Å². The zero-order valence-corrected chi connectivity index (χ0v) is 11.1. The van der Waals surface area contributed by atoms with E-state index in [1.165, 1.54) is 0 Å². The summed E-state index contributed by atoms with van der Waals surface area (Å²) >= 11 is 0. The lowest BCUT2D eigenvalue weighted by Gasteiger charge is -2.13. The number of aryl methyl sites for hydroxylation is 1. The summed E-state index contributed by atoms with van der Waals surface area (Å²) in [4.78, 5) is 11.9. The number of nitrogens with one attached hydrogen (secondary N) is 1. The minimum absolute atomic E-state index is 0.280. The van der Waals surface area contributed by atoms with Crippen LogP contribution in [0.3, 0.4) is 0 Å². The minimum atomic E-state index is -0.701. The van der Waals surface area contributed by atoms with Crippen molar-refractivity contribution in [3.05, 3.63) is 41.6 Å². The van der Waals surface area contributed by atoms with Crippen LogP contribution in [-0.4, -0.2) is 17.2 Å². The molecule has 2 rings (SSSR count). The van der Waals surface area contributed by atoms with Crippen molar-refractivity contribution in [2.24, 2.45) is 0 Å². The first-order valence-electron chi connectivity index (χ1n) is 5.99. The predicted octanol–water partition coefficient (Wildman–Crippen LogP) is 2.26. The van der Waals surface area contributed by atoms with Crippen molar-refractivity contribution in [1.29, 1.82) is 5.26 Å². The summed E-state index contributed by atoms with van der Waals surface area (Å²) < 4.78 is 10.4. The van der Waals surface area contributed by atoms with Gasteiger partial charge in [0.25, 0.3) is 5.91 Å². The molecule has 0 unspecified atom stereocenters. The maximum absolute atomic E-state index is 11.9. The lowest BCUT2D eigenvalue weighted by Crippen LogP contribution is -2.29. The van der Waals surface area contributed by atoms with Gasteiger partial charge in [-0.05, 0) is 38.1 Å². The standard InChI is InChI=1S/C14H13N3O3/c1-9-7-13(20-17-9)16-14(18)10(2)19-12-5-3-11(8-15)4-6-12/h3-7,10H,1-2H3,(H,16,18)/t10-/m0/s1. The van der Waals surface area contributed by atoms with Gasteiger partial charge in [0.05, 0.1) is 17.3 Å². The second-order valence-corrected chi connectivity index (χ2v) is 4.22. The predicted molar refractivity (Wildman–Crippen MR) is 71.1 cm³/mol. The Morgan fingerprint density at radius 1 is 1.45 bits per heavy atom. The fourth-order valence-corrected chi connectivity index (χ4v) is 1.51. The Labute approximate surface area is 115 Å². The van der Waals surface area contributed by atoms with Crippen molar-refractivity contribution in [2.45, 2.75) is 20.0 Å². The second-order valence-electron chi connectivity index (χ2n) is 4.22. The highest BCUT2D eigenvalue weighted by Gasteiger charge is 2.16. The molecule has 0 aliphatic carbocycles. The molecule has 2 aromatic rings. The van der Waals surface area contributed by atoms with E-state index in [0.29, 0.717) is 17.0 Å². The van der Waals surface area contributed by atoms with Crippen LogP contribution in [0.4, 0.5) is 5.88 Å². The molecule has 1 heterocycles. The maximum Gasteiger partial charge on any atom is 0.267 e. The van der Waals surface area contributed by atoms with Crippen LogP contribution in [-0.2, 0) is 4.79 Å². The number of amides is 1. The van der Waals surface area contributed by atoms with E-state index >= 15 is 0 Å². The molecule has 0 radical (unpaired) electrons. The van der Waals surface area contributed by atoms with E-state index in [0.717, 1.165) is 0 Å². The molecular weight excluding hydrogens is 258 g/mol. The van der Waals surface area contributed by atoms with E-state index < -0.39 is 6.10 Å². The number of ether oxygens (including phenoxy) is 1. The SMILES string of the molecule is Cc1cc(NC(=O)[C@H](C)Oc2ccc(C#N)cc2)on1. The number of hydrogen-bond acceptors (Lipinski definition) is 5. The third kappa shape index (κ3) is 3.36.